The Balaban J connectivity index is 1.83. The van der Waals surface area contributed by atoms with Gasteiger partial charge in [0.2, 0.25) is 0 Å². The number of hydrogen-bond donors (Lipinski definition) is 2. The lowest BCUT2D eigenvalue weighted by atomic mass is 10.1. The van der Waals surface area contributed by atoms with E-state index >= 15 is 0 Å². The highest BCUT2D eigenvalue weighted by molar-refractivity contribution is 7.80. The lowest BCUT2D eigenvalue weighted by molar-refractivity contribution is 0.184. The van der Waals surface area contributed by atoms with E-state index in [2.05, 4.69) is 10.2 Å². The van der Waals surface area contributed by atoms with Gasteiger partial charge in [-0.25, -0.2) is 0 Å². The van der Waals surface area contributed by atoms with E-state index in [1.807, 2.05) is 24.3 Å². The number of piperidine rings is 1. The summed E-state index contributed by atoms with van der Waals surface area (Å²) in [6.45, 7) is 4.05. The maximum atomic E-state index is 5.82. The molecular weight excluding hydrogens is 258 g/mol. The fourth-order valence-corrected chi connectivity index (χ4v) is 2.41. The van der Waals surface area contributed by atoms with E-state index in [4.69, 9.17) is 22.7 Å². The second-order valence-electron chi connectivity index (χ2n) is 4.74. The van der Waals surface area contributed by atoms with Crippen LogP contribution in [-0.2, 0) is 0 Å². The Labute approximate surface area is 119 Å². The maximum absolute atomic E-state index is 5.82. The average Bonchev–Trinajstić information content (AvgIpc) is 2.41. The number of nitrogens with zero attached hydrogens (tertiary/aromatic N) is 1. The highest BCUT2D eigenvalue weighted by Crippen LogP contribution is 2.23. The van der Waals surface area contributed by atoms with Crippen molar-refractivity contribution < 1.29 is 4.74 Å². The van der Waals surface area contributed by atoms with Crippen molar-refractivity contribution in [3.05, 3.63) is 24.3 Å². The SMILES string of the molecule is NC(=S)Nc1ccccc1OCCN1CCCCC1. The lowest BCUT2D eigenvalue weighted by Crippen LogP contribution is -2.33. The van der Waals surface area contributed by atoms with Gasteiger partial charge >= 0.3 is 0 Å². The largest absolute Gasteiger partial charge is 0.490 e. The van der Waals surface area contributed by atoms with Crippen molar-refractivity contribution in [3.63, 3.8) is 0 Å². The first-order chi connectivity index (χ1) is 9.25. The molecular formula is C14H21N3OS. The van der Waals surface area contributed by atoms with Crippen molar-refractivity contribution in [2.75, 3.05) is 31.6 Å². The molecule has 1 aliphatic heterocycles. The van der Waals surface area contributed by atoms with E-state index < -0.39 is 0 Å². The van der Waals surface area contributed by atoms with Gasteiger partial charge in [-0.1, -0.05) is 18.6 Å². The monoisotopic (exact) mass is 279 g/mol. The van der Waals surface area contributed by atoms with E-state index in [1.165, 1.54) is 32.4 Å². The minimum atomic E-state index is 0.257. The van der Waals surface area contributed by atoms with Gasteiger partial charge in [0.05, 0.1) is 5.69 Å². The number of thiocarbonyl (C=S) groups is 1. The molecule has 0 unspecified atom stereocenters. The van der Waals surface area contributed by atoms with Crippen LogP contribution in [-0.4, -0.2) is 36.3 Å². The Morgan fingerprint density at radius 3 is 2.74 bits per heavy atom. The number of nitrogens with two attached hydrogens (primary N) is 1. The van der Waals surface area contributed by atoms with Crippen molar-refractivity contribution in [2.45, 2.75) is 19.3 Å². The summed E-state index contributed by atoms with van der Waals surface area (Å²) in [5.74, 6) is 0.798. The number of para-hydroxylation sites is 2. The number of benzene rings is 1. The van der Waals surface area contributed by atoms with Crippen molar-refractivity contribution >= 4 is 23.0 Å². The highest BCUT2D eigenvalue weighted by atomic mass is 32.1. The van der Waals surface area contributed by atoms with Gasteiger partial charge in [0.25, 0.3) is 0 Å². The molecule has 0 spiro atoms. The fraction of sp³-hybridized carbons (Fsp3) is 0.500. The third-order valence-electron chi connectivity index (χ3n) is 3.26. The molecule has 0 radical (unpaired) electrons. The summed E-state index contributed by atoms with van der Waals surface area (Å²) < 4.78 is 5.82. The van der Waals surface area contributed by atoms with Crippen LogP contribution in [0, 0.1) is 0 Å². The fourth-order valence-electron chi connectivity index (χ4n) is 2.30. The summed E-state index contributed by atoms with van der Waals surface area (Å²) in [5, 5.41) is 3.19. The summed E-state index contributed by atoms with van der Waals surface area (Å²) >= 11 is 4.86. The molecule has 0 aromatic heterocycles. The Hall–Kier alpha value is -1.33. The highest BCUT2D eigenvalue weighted by Gasteiger charge is 2.10. The van der Waals surface area contributed by atoms with Gasteiger partial charge in [0.15, 0.2) is 5.11 Å². The molecule has 1 heterocycles. The Kier molecular flexibility index (Phi) is 5.42. The van der Waals surface area contributed by atoms with Gasteiger partial charge in [-0.15, -0.1) is 0 Å². The third-order valence-corrected chi connectivity index (χ3v) is 3.36. The summed E-state index contributed by atoms with van der Waals surface area (Å²) in [6, 6.07) is 7.71. The van der Waals surface area contributed by atoms with Gasteiger partial charge in [-0.05, 0) is 50.3 Å². The van der Waals surface area contributed by atoms with Crippen LogP contribution in [0.1, 0.15) is 19.3 Å². The van der Waals surface area contributed by atoms with Gasteiger partial charge < -0.3 is 15.8 Å². The van der Waals surface area contributed by atoms with Crippen LogP contribution in [0.3, 0.4) is 0 Å². The molecule has 5 heteroatoms. The minimum absolute atomic E-state index is 0.257. The first kappa shape index (κ1) is 14.1. The summed E-state index contributed by atoms with van der Waals surface area (Å²) in [5.41, 5.74) is 6.32. The number of anilines is 1. The molecule has 4 nitrogen and oxygen atoms in total. The van der Waals surface area contributed by atoms with Gasteiger partial charge in [-0.2, -0.15) is 0 Å². The topological polar surface area (TPSA) is 50.5 Å². The van der Waals surface area contributed by atoms with Crippen LogP contribution >= 0.6 is 12.2 Å². The molecule has 0 atom stereocenters. The molecule has 0 saturated carbocycles. The quantitative estimate of drug-likeness (QED) is 0.809. The van der Waals surface area contributed by atoms with Crippen molar-refractivity contribution in [2.24, 2.45) is 5.73 Å². The minimum Gasteiger partial charge on any atom is -0.490 e. The van der Waals surface area contributed by atoms with Crippen molar-refractivity contribution in [1.82, 2.24) is 4.90 Å². The van der Waals surface area contributed by atoms with Gasteiger partial charge in [0, 0.05) is 6.54 Å². The molecule has 1 fully saturated rings. The van der Waals surface area contributed by atoms with E-state index in [0.29, 0.717) is 6.61 Å². The second-order valence-corrected chi connectivity index (χ2v) is 5.18. The zero-order valence-electron chi connectivity index (χ0n) is 11.1. The smallest absolute Gasteiger partial charge is 0.168 e. The Morgan fingerprint density at radius 1 is 1.26 bits per heavy atom. The molecule has 1 saturated heterocycles. The molecule has 0 bridgehead atoms. The van der Waals surface area contributed by atoms with E-state index in [9.17, 15) is 0 Å². The van der Waals surface area contributed by atoms with Crippen molar-refractivity contribution in [3.8, 4) is 5.75 Å². The van der Waals surface area contributed by atoms with Gasteiger partial charge in [-0.3, -0.25) is 4.90 Å². The maximum Gasteiger partial charge on any atom is 0.168 e. The lowest BCUT2D eigenvalue weighted by Gasteiger charge is -2.26. The predicted octanol–water partition coefficient (Wildman–Crippen LogP) is 2.21. The molecule has 3 N–H and O–H groups in total. The summed E-state index contributed by atoms with van der Waals surface area (Å²) in [6.07, 6.45) is 3.97. The molecule has 1 aromatic carbocycles. The van der Waals surface area contributed by atoms with Crippen LogP contribution in [0.15, 0.2) is 24.3 Å². The van der Waals surface area contributed by atoms with Crippen LogP contribution in [0.5, 0.6) is 5.75 Å². The third kappa shape index (κ3) is 4.69. The number of likely N-dealkylation sites (tertiary alicyclic amines) is 1. The first-order valence-corrected chi connectivity index (χ1v) is 7.17. The van der Waals surface area contributed by atoms with E-state index in [0.717, 1.165) is 18.0 Å². The van der Waals surface area contributed by atoms with Crippen LogP contribution in [0.4, 0.5) is 5.69 Å². The molecule has 0 amide bonds. The van der Waals surface area contributed by atoms with E-state index in [-0.39, 0.29) is 5.11 Å². The number of hydrogen-bond acceptors (Lipinski definition) is 3. The second kappa shape index (κ2) is 7.31. The zero-order chi connectivity index (χ0) is 13.5. The summed E-state index contributed by atoms with van der Waals surface area (Å²) in [4.78, 5) is 2.45. The molecule has 1 aromatic rings. The average molecular weight is 279 g/mol. The van der Waals surface area contributed by atoms with E-state index in [1.54, 1.807) is 0 Å². The zero-order valence-corrected chi connectivity index (χ0v) is 11.9. The Bertz CT molecular complexity index is 419. The normalized spacial score (nSPS) is 16.0. The molecule has 0 aliphatic carbocycles. The standard InChI is InChI=1S/C14H21N3OS/c15-14(19)16-12-6-2-3-7-13(12)18-11-10-17-8-4-1-5-9-17/h2-3,6-7H,1,4-5,8-11H2,(H3,15,16,19). The molecule has 1 aliphatic rings. The Morgan fingerprint density at radius 2 is 2.00 bits per heavy atom. The molecule has 19 heavy (non-hydrogen) atoms. The van der Waals surface area contributed by atoms with Gasteiger partial charge in [0.1, 0.15) is 12.4 Å². The first-order valence-electron chi connectivity index (χ1n) is 6.76. The number of ether oxygens (including phenoxy) is 1. The predicted molar refractivity (Wildman–Crippen MR) is 82.6 cm³/mol. The van der Waals surface area contributed by atoms with Crippen LogP contribution < -0.4 is 15.8 Å². The number of rotatable bonds is 5. The number of nitrogens with one attached hydrogen (secondary N) is 1. The van der Waals surface area contributed by atoms with Crippen LogP contribution in [0.25, 0.3) is 0 Å². The van der Waals surface area contributed by atoms with Crippen LogP contribution in [0.2, 0.25) is 0 Å². The molecule has 104 valence electrons. The van der Waals surface area contributed by atoms with Crippen molar-refractivity contribution in [1.29, 1.82) is 0 Å². The molecule has 2 rings (SSSR count). The summed E-state index contributed by atoms with van der Waals surface area (Å²) in [7, 11) is 0.